The Hall–Kier alpha value is -1.42. The number of piperazine rings is 1. The molecule has 0 atom stereocenters. The van der Waals surface area contributed by atoms with Gasteiger partial charge < -0.3 is 4.90 Å². The van der Waals surface area contributed by atoms with Crippen molar-refractivity contribution in [1.82, 2.24) is 9.29 Å². The standard InChI is InChI=1S/C19H15Cl3FN3O2S2/c20-14-4-2-13(10-16(14)22)30(27,28)26-7-5-25(6-8-26)19-24-18(11-29-19)12-1-3-15(21)17(23)9-12/h1-4,9-11H,5-8H2. The molecule has 1 aliphatic heterocycles. The van der Waals surface area contributed by atoms with Gasteiger partial charge in [0, 0.05) is 37.1 Å². The van der Waals surface area contributed by atoms with Crippen molar-refractivity contribution in [2.75, 3.05) is 31.1 Å². The highest BCUT2D eigenvalue weighted by atomic mass is 35.5. The Morgan fingerprint density at radius 3 is 2.30 bits per heavy atom. The number of hydrogen-bond acceptors (Lipinski definition) is 5. The number of thiazole rings is 1. The monoisotopic (exact) mass is 505 g/mol. The molecule has 2 aromatic carbocycles. The Balaban J connectivity index is 1.46. The molecule has 11 heteroatoms. The number of benzene rings is 2. The van der Waals surface area contributed by atoms with Crippen LogP contribution in [0.4, 0.5) is 9.52 Å². The van der Waals surface area contributed by atoms with Gasteiger partial charge in [-0.15, -0.1) is 11.3 Å². The van der Waals surface area contributed by atoms with Gasteiger partial charge in [0.15, 0.2) is 5.13 Å². The molecule has 5 nitrogen and oxygen atoms in total. The van der Waals surface area contributed by atoms with E-state index in [9.17, 15) is 12.8 Å². The maximum atomic E-state index is 13.7. The minimum Gasteiger partial charge on any atom is -0.345 e. The summed E-state index contributed by atoms with van der Waals surface area (Å²) in [6.07, 6.45) is 0. The second-order valence-corrected chi connectivity index (χ2v) is 10.6. The SMILES string of the molecule is O=S(=O)(c1ccc(Cl)c(Cl)c1)N1CCN(c2nc(-c3ccc(Cl)c(F)c3)cs2)CC1. The van der Waals surface area contributed by atoms with Gasteiger partial charge in [-0.05, 0) is 30.3 Å². The third-order valence-electron chi connectivity index (χ3n) is 4.75. The van der Waals surface area contributed by atoms with Gasteiger partial charge in [0.05, 0.1) is 25.7 Å². The van der Waals surface area contributed by atoms with Crippen molar-refractivity contribution in [2.45, 2.75) is 4.90 Å². The van der Waals surface area contributed by atoms with Crippen molar-refractivity contribution >= 4 is 61.3 Å². The number of halogens is 4. The number of aromatic nitrogens is 1. The Bertz CT molecular complexity index is 1200. The van der Waals surface area contributed by atoms with Crippen molar-refractivity contribution in [3.8, 4) is 11.3 Å². The predicted molar refractivity (Wildman–Crippen MR) is 120 cm³/mol. The van der Waals surface area contributed by atoms with Crippen LogP contribution in [0.1, 0.15) is 0 Å². The van der Waals surface area contributed by atoms with E-state index in [0.717, 1.165) is 5.13 Å². The lowest BCUT2D eigenvalue weighted by atomic mass is 10.2. The molecule has 0 unspecified atom stereocenters. The molecule has 1 fully saturated rings. The molecular weight excluding hydrogens is 492 g/mol. The Morgan fingerprint density at radius 2 is 1.63 bits per heavy atom. The van der Waals surface area contributed by atoms with Gasteiger partial charge in [-0.3, -0.25) is 0 Å². The summed E-state index contributed by atoms with van der Waals surface area (Å²) in [6, 6.07) is 8.86. The smallest absolute Gasteiger partial charge is 0.243 e. The quantitative estimate of drug-likeness (QED) is 0.474. The van der Waals surface area contributed by atoms with Gasteiger partial charge in [-0.2, -0.15) is 4.31 Å². The van der Waals surface area contributed by atoms with Crippen LogP contribution < -0.4 is 4.90 Å². The van der Waals surface area contributed by atoms with E-state index < -0.39 is 15.8 Å². The third kappa shape index (κ3) is 4.30. The van der Waals surface area contributed by atoms with Crippen LogP contribution in [0.3, 0.4) is 0 Å². The molecule has 4 rings (SSSR count). The van der Waals surface area contributed by atoms with Crippen LogP contribution in [0, 0.1) is 5.82 Å². The second kappa shape index (κ2) is 8.61. The van der Waals surface area contributed by atoms with Crippen molar-refractivity contribution in [3.63, 3.8) is 0 Å². The number of nitrogens with zero attached hydrogens (tertiary/aromatic N) is 3. The highest BCUT2D eigenvalue weighted by molar-refractivity contribution is 7.89. The lowest BCUT2D eigenvalue weighted by molar-refractivity contribution is 0.385. The molecule has 2 heterocycles. The first kappa shape index (κ1) is 21.8. The molecule has 0 radical (unpaired) electrons. The fraction of sp³-hybridized carbons (Fsp3) is 0.211. The molecule has 158 valence electrons. The molecule has 1 aliphatic rings. The molecule has 0 amide bonds. The zero-order valence-corrected chi connectivity index (χ0v) is 19.3. The van der Waals surface area contributed by atoms with E-state index in [-0.39, 0.29) is 14.9 Å². The molecular formula is C19H15Cl3FN3O2S2. The molecule has 1 aromatic heterocycles. The van der Waals surface area contributed by atoms with Crippen LogP contribution in [0.25, 0.3) is 11.3 Å². The number of hydrogen-bond donors (Lipinski definition) is 0. The number of sulfonamides is 1. The largest absolute Gasteiger partial charge is 0.345 e. The van der Waals surface area contributed by atoms with Crippen molar-refractivity contribution in [3.05, 3.63) is 62.7 Å². The first-order chi connectivity index (χ1) is 14.3. The summed E-state index contributed by atoms with van der Waals surface area (Å²) in [7, 11) is -3.66. The average molecular weight is 507 g/mol. The summed E-state index contributed by atoms with van der Waals surface area (Å²) in [4.78, 5) is 6.71. The molecule has 30 heavy (non-hydrogen) atoms. The molecule has 0 N–H and O–H groups in total. The second-order valence-electron chi connectivity index (χ2n) is 6.61. The Kier molecular flexibility index (Phi) is 6.25. The van der Waals surface area contributed by atoms with E-state index in [1.165, 1.54) is 46.0 Å². The molecule has 0 saturated carbocycles. The van der Waals surface area contributed by atoms with Crippen LogP contribution in [0.15, 0.2) is 46.7 Å². The molecule has 1 saturated heterocycles. The van der Waals surface area contributed by atoms with Crippen molar-refractivity contribution < 1.29 is 12.8 Å². The van der Waals surface area contributed by atoms with Crippen LogP contribution in [0.5, 0.6) is 0 Å². The van der Waals surface area contributed by atoms with E-state index in [1.807, 2.05) is 10.3 Å². The van der Waals surface area contributed by atoms with Gasteiger partial charge >= 0.3 is 0 Å². The first-order valence-electron chi connectivity index (χ1n) is 8.87. The van der Waals surface area contributed by atoms with E-state index in [2.05, 4.69) is 4.98 Å². The molecule has 3 aromatic rings. The first-order valence-corrected chi connectivity index (χ1v) is 12.3. The average Bonchev–Trinajstić information content (AvgIpc) is 3.22. The van der Waals surface area contributed by atoms with E-state index in [1.54, 1.807) is 6.07 Å². The number of anilines is 1. The molecule has 0 aliphatic carbocycles. The predicted octanol–water partition coefficient (Wildman–Crippen LogP) is 5.42. The van der Waals surface area contributed by atoms with Crippen LogP contribution in [0.2, 0.25) is 15.1 Å². The Labute approximate surface area is 192 Å². The van der Waals surface area contributed by atoms with Gasteiger partial charge in [0.1, 0.15) is 5.82 Å². The summed E-state index contributed by atoms with van der Waals surface area (Å²) < 4.78 is 40.9. The topological polar surface area (TPSA) is 53.5 Å². The van der Waals surface area contributed by atoms with Crippen molar-refractivity contribution in [2.24, 2.45) is 0 Å². The van der Waals surface area contributed by atoms with Gasteiger partial charge in [-0.25, -0.2) is 17.8 Å². The summed E-state index contributed by atoms with van der Waals surface area (Å²) in [5, 5.41) is 3.17. The van der Waals surface area contributed by atoms with E-state index >= 15 is 0 Å². The highest BCUT2D eigenvalue weighted by Gasteiger charge is 2.29. The summed E-state index contributed by atoms with van der Waals surface area (Å²) in [5.74, 6) is -0.496. The Morgan fingerprint density at radius 1 is 0.933 bits per heavy atom. The third-order valence-corrected chi connectivity index (χ3v) is 8.59. The minimum atomic E-state index is -3.66. The zero-order chi connectivity index (χ0) is 21.5. The summed E-state index contributed by atoms with van der Waals surface area (Å²) in [5.41, 5.74) is 1.29. The fourth-order valence-electron chi connectivity index (χ4n) is 3.10. The van der Waals surface area contributed by atoms with Crippen LogP contribution >= 0.6 is 46.1 Å². The van der Waals surface area contributed by atoms with Crippen LogP contribution in [-0.4, -0.2) is 43.9 Å². The van der Waals surface area contributed by atoms with E-state index in [0.29, 0.717) is 42.5 Å². The summed E-state index contributed by atoms with van der Waals surface area (Å²) in [6.45, 7) is 1.60. The zero-order valence-electron chi connectivity index (χ0n) is 15.4. The molecule has 0 bridgehead atoms. The van der Waals surface area contributed by atoms with E-state index in [4.69, 9.17) is 34.8 Å². The summed E-state index contributed by atoms with van der Waals surface area (Å²) >= 11 is 19.0. The molecule has 0 spiro atoms. The lowest BCUT2D eigenvalue weighted by Crippen LogP contribution is -2.48. The minimum absolute atomic E-state index is 0.0634. The van der Waals surface area contributed by atoms with Crippen LogP contribution in [-0.2, 0) is 10.0 Å². The van der Waals surface area contributed by atoms with Gasteiger partial charge in [-0.1, -0.05) is 40.9 Å². The number of rotatable bonds is 4. The fourth-order valence-corrected chi connectivity index (χ4v) is 5.92. The normalized spacial score (nSPS) is 15.5. The highest BCUT2D eigenvalue weighted by Crippen LogP contribution is 2.31. The lowest BCUT2D eigenvalue weighted by Gasteiger charge is -2.33. The maximum absolute atomic E-state index is 13.7. The maximum Gasteiger partial charge on any atom is 0.243 e. The van der Waals surface area contributed by atoms with Gasteiger partial charge in [0.2, 0.25) is 10.0 Å². The van der Waals surface area contributed by atoms with Gasteiger partial charge in [0.25, 0.3) is 0 Å². The van der Waals surface area contributed by atoms with Crippen molar-refractivity contribution in [1.29, 1.82) is 0 Å².